The molecule has 11 rings (SSSR count). The van der Waals surface area contributed by atoms with Crippen LogP contribution < -0.4 is 42.4 Å². The van der Waals surface area contributed by atoms with Crippen molar-refractivity contribution in [2.24, 2.45) is 0 Å². The topological polar surface area (TPSA) is 0 Å². The fourth-order valence-corrected chi connectivity index (χ4v) is 21.6. The normalized spacial score (nSPS) is 10.3. The first kappa shape index (κ1) is 73.8. The molecule has 0 bridgehead atoms. The average molecular weight is 1380 g/mol. The van der Waals surface area contributed by atoms with Crippen LogP contribution >= 0.6 is 47.6 Å². The average Bonchev–Trinajstić information content (AvgIpc) is 3.96. The first-order chi connectivity index (χ1) is 42.2. The monoisotopic (exact) mass is 1380 g/mol. The van der Waals surface area contributed by atoms with Crippen LogP contribution in [-0.4, -0.2) is 24.6 Å². The Morgan fingerprint density at radius 2 is 0.449 bits per heavy atom. The van der Waals surface area contributed by atoms with E-state index in [4.69, 9.17) is 12.8 Å². The van der Waals surface area contributed by atoms with E-state index in [1.807, 2.05) is 0 Å². The van der Waals surface area contributed by atoms with E-state index >= 15 is 0 Å². The molecule has 89 heavy (non-hydrogen) atoms. The van der Waals surface area contributed by atoms with Crippen molar-refractivity contribution in [2.75, 3.05) is 24.6 Å². The molecule has 0 saturated heterocycles. The van der Waals surface area contributed by atoms with E-state index in [2.05, 4.69) is 340 Å². The van der Waals surface area contributed by atoms with Crippen molar-refractivity contribution in [1.82, 2.24) is 0 Å². The molecule has 0 nitrogen and oxygen atoms in total. The van der Waals surface area contributed by atoms with Gasteiger partial charge in [0.25, 0.3) is 0 Å². The van der Waals surface area contributed by atoms with E-state index in [9.17, 15) is 0 Å². The minimum Gasteiger partial charge on any atom is -0.366 e. The van der Waals surface area contributed by atoms with Crippen LogP contribution in [0.3, 0.4) is 0 Å². The van der Waals surface area contributed by atoms with E-state index in [1.165, 1.54) is 123 Å². The number of hydrogen-bond acceptors (Lipinski definition) is 0. The first-order valence-electron chi connectivity index (χ1n) is 29.8. The summed E-state index contributed by atoms with van der Waals surface area (Å²) >= 11 is 3.25. The summed E-state index contributed by atoms with van der Waals surface area (Å²) in [5.41, 5.74) is 16.0. The molecule has 0 aliphatic carbocycles. The Hall–Kier alpha value is -5.96. The van der Waals surface area contributed by atoms with Gasteiger partial charge >= 0.3 is 34.1 Å². The van der Waals surface area contributed by atoms with Gasteiger partial charge in [0.2, 0.25) is 0 Å². The maximum atomic E-state index is 6.85. The zero-order valence-electron chi connectivity index (χ0n) is 53.0. The van der Waals surface area contributed by atoms with E-state index in [1.54, 1.807) is 18.2 Å². The van der Waals surface area contributed by atoms with Gasteiger partial charge in [0.05, 0.1) is 0 Å². The maximum absolute atomic E-state index is 6.85. The molecule has 0 N–H and O–H groups in total. The van der Waals surface area contributed by atoms with Crippen molar-refractivity contribution in [3.8, 4) is 11.8 Å². The number of halogens is 1. The second-order valence-electron chi connectivity index (χ2n) is 21.5. The van der Waals surface area contributed by atoms with Crippen LogP contribution in [0.5, 0.6) is 0 Å². The van der Waals surface area contributed by atoms with Gasteiger partial charge in [-0.15, -0.1) is 23.3 Å². The molecule has 0 amide bonds. The molecule has 0 aromatic heterocycles. The van der Waals surface area contributed by atoms with Gasteiger partial charge in [0.15, 0.2) is 0 Å². The van der Waals surface area contributed by atoms with Crippen LogP contribution in [0.1, 0.15) is 66.8 Å². The Morgan fingerprint density at radius 3 is 0.573 bits per heavy atom. The molecule has 0 aliphatic heterocycles. The molecule has 0 aliphatic rings. The van der Waals surface area contributed by atoms with Crippen molar-refractivity contribution < 1.29 is 34.1 Å². The quantitative estimate of drug-likeness (QED) is 0.0441. The van der Waals surface area contributed by atoms with Crippen LogP contribution in [-0.2, 0) is 34.1 Å². The summed E-state index contributed by atoms with van der Waals surface area (Å²) in [6, 6.07) is 93.6. The van der Waals surface area contributed by atoms with Crippen LogP contribution in [0.2, 0.25) is 0 Å². The second kappa shape index (κ2) is 38.7. The number of rotatable bonds is 14. The Kier molecular flexibility index (Phi) is 32.1. The summed E-state index contributed by atoms with van der Waals surface area (Å²) in [7, 11) is -1.39. The molecule has 0 spiro atoms. The van der Waals surface area contributed by atoms with Crippen LogP contribution in [0.25, 0.3) is 0 Å². The Balaban J connectivity index is 0.000000219. The third-order valence-electron chi connectivity index (χ3n) is 16.4. The predicted molar refractivity (Wildman–Crippen MR) is 394 cm³/mol. The molecule has 0 unspecified atom stereocenters. The van der Waals surface area contributed by atoms with Gasteiger partial charge in [-0.3, -0.25) is 11.8 Å². The van der Waals surface area contributed by atoms with Crippen molar-refractivity contribution in [2.45, 2.75) is 69.2 Å². The Morgan fingerprint density at radius 1 is 0.292 bits per heavy atom. The van der Waals surface area contributed by atoms with Crippen LogP contribution in [0, 0.1) is 93.9 Å². The van der Waals surface area contributed by atoms with E-state index in [-0.39, 0.29) is 65.8 Å². The smallest absolute Gasteiger partial charge is 0.366 e. The summed E-state index contributed by atoms with van der Waals surface area (Å²) in [6.45, 7) is 22.0. The molecule has 0 fully saturated rings. The molecular formula is C82H81BrFe2P4. The number of benzene rings is 9. The minimum atomic E-state index is -0.348. The summed E-state index contributed by atoms with van der Waals surface area (Å²) in [4.78, 5) is 0. The summed E-state index contributed by atoms with van der Waals surface area (Å²) < 4.78 is 0.838. The standard InChI is InChI=1S/2C26H24P2.C10H3Br.2C10H15.2Fe/c2*1-5-13-23(14-6-1)27(24-15-7-2-8-16-24)21-22-28(25-17-9-3-10-18-25)26-19-11-4-12-20-26;1-3-8-5-9(4-2)7-10(11)6-8;2*1-6-7(2)9(4)10(5)8(6)3;;/h2*1-20H,21-22H2;5-7H;2*1-5H3;;/q;;-2;2*-1;2*+2. The van der Waals surface area contributed by atoms with Crippen LogP contribution in [0.15, 0.2) is 265 Å². The summed E-state index contributed by atoms with van der Waals surface area (Å²) in [5.74, 6) is 4.48. The molecular weight excluding hydrogens is 1300 g/mol. The molecule has 7 heteroatoms. The zero-order chi connectivity index (χ0) is 62.1. The fourth-order valence-electron chi connectivity index (χ4n) is 10.4. The zero-order valence-corrected chi connectivity index (χ0v) is 60.4. The van der Waals surface area contributed by atoms with Gasteiger partial charge in [0, 0.05) is 0 Å². The second-order valence-corrected chi connectivity index (χ2v) is 31.8. The van der Waals surface area contributed by atoms with Crippen molar-refractivity contribution in [3.05, 3.63) is 345 Å². The molecule has 0 heterocycles. The molecule has 0 saturated carbocycles. The predicted octanol–water partition coefficient (Wildman–Crippen LogP) is 18.7. The van der Waals surface area contributed by atoms with Crippen molar-refractivity contribution in [1.29, 1.82) is 0 Å². The molecule has 11 aromatic rings. The van der Waals surface area contributed by atoms with E-state index in [0.29, 0.717) is 11.1 Å². The third kappa shape index (κ3) is 21.6. The van der Waals surface area contributed by atoms with Gasteiger partial charge in [-0.1, -0.05) is 328 Å². The largest absolute Gasteiger partial charge is 2.00 e. The van der Waals surface area contributed by atoms with Crippen LogP contribution in [0.4, 0.5) is 0 Å². The maximum Gasteiger partial charge on any atom is 2.00 e. The van der Waals surface area contributed by atoms with Crippen molar-refractivity contribution >= 4 is 90.1 Å². The first-order valence-corrected chi connectivity index (χ1v) is 36.7. The van der Waals surface area contributed by atoms with Gasteiger partial charge < -0.3 is 12.8 Å². The Labute approximate surface area is 570 Å². The number of hydrogen-bond donors (Lipinski definition) is 0. The van der Waals surface area contributed by atoms with Gasteiger partial charge in [-0.05, 0) is 103 Å². The minimum absolute atomic E-state index is 0. The molecule has 452 valence electrons. The van der Waals surface area contributed by atoms with Crippen molar-refractivity contribution in [3.63, 3.8) is 0 Å². The summed E-state index contributed by atoms with van der Waals surface area (Å²) in [6.07, 6.45) is 18.5. The summed E-state index contributed by atoms with van der Waals surface area (Å²) in [5, 5.41) is 11.8. The van der Waals surface area contributed by atoms with Gasteiger partial charge in [-0.25, -0.2) is 0 Å². The Bertz CT molecular complexity index is 3150. The van der Waals surface area contributed by atoms with Gasteiger partial charge in [-0.2, -0.15) is 61.7 Å². The van der Waals surface area contributed by atoms with E-state index in [0.717, 1.165) is 4.47 Å². The van der Waals surface area contributed by atoms with Gasteiger partial charge in [0.1, 0.15) is 0 Å². The SMILES string of the molecule is Cc1c(C)c(C)[c-](C)c1C.Cc1c(C)c(C)[c-](C)c1C.[C-]#Cc1cc(Br)cc(C#[C-])c1.[Fe+2].[Fe+2].c1ccc(P(CCP(c2ccccc2)c2ccccc2)c2ccccc2)cc1.c1ccc(P(CCP(c2ccccc2)c2ccccc2)c2ccccc2)cc1. The third-order valence-corrected chi connectivity index (χ3v) is 27.7. The van der Waals surface area contributed by atoms with E-state index < -0.39 is 0 Å². The molecule has 0 atom stereocenters. The molecule has 11 aromatic carbocycles. The molecule has 0 radical (unpaired) electrons. The fraction of sp³-hybridized carbons (Fsp3) is 0.171.